The van der Waals surface area contributed by atoms with E-state index in [1.54, 1.807) is 6.92 Å². The molecular weight excluding hydrogens is 270 g/mol. The minimum absolute atomic E-state index is 0.0122. The van der Waals surface area contributed by atoms with Crippen molar-refractivity contribution in [1.82, 2.24) is 0 Å². The lowest BCUT2D eigenvalue weighted by Gasteiger charge is -2.18. The average Bonchev–Trinajstić information content (AvgIpc) is 2.10. The number of rotatable bonds is 1. The van der Waals surface area contributed by atoms with Gasteiger partial charge in [-0.25, -0.2) is 4.99 Å². The fourth-order valence-corrected chi connectivity index (χ4v) is 2.64. The van der Waals surface area contributed by atoms with Crippen LogP contribution in [0.15, 0.2) is 26.7 Å². The van der Waals surface area contributed by atoms with E-state index in [-0.39, 0.29) is 17.6 Å². The van der Waals surface area contributed by atoms with E-state index >= 15 is 0 Å². The van der Waals surface area contributed by atoms with E-state index in [4.69, 9.17) is 0 Å². The molecule has 0 saturated carbocycles. The highest BCUT2D eigenvalue weighted by Gasteiger charge is 2.25. The van der Waals surface area contributed by atoms with E-state index in [1.807, 2.05) is 13.8 Å². The van der Waals surface area contributed by atoms with Gasteiger partial charge >= 0.3 is 0 Å². The largest absolute Gasteiger partial charge is 0.290 e. The number of hydrogen-bond acceptors (Lipinski definition) is 2. The summed E-state index contributed by atoms with van der Waals surface area (Å²) in [5, 5.41) is 0. The maximum Gasteiger partial charge on any atom is 0.243 e. The first kappa shape index (κ1) is 13.0. The van der Waals surface area contributed by atoms with Gasteiger partial charge < -0.3 is 0 Å². The number of amides is 1. The Morgan fingerprint density at radius 1 is 1.44 bits per heavy atom. The SMILES string of the molecule is CC(=O)N=C1C(C)=CC(=O)C(C(C)C)=C1Br. The Bertz CT molecular complexity index is 442. The molecule has 3 nitrogen and oxygen atoms in total. The lowest BCUT2D eigenvalue weighted by Crippen LogP contribution is -2.19. The molecule has 0 radical (unpaired) electrons. The molecule has 0 spiro atoms. The van der Waals surface area contributed by atoms with Crippen LogP contribution in [0, 0.1) is 5.92 Å². The van der Waals surface area contributed by atoms with E-state index in [0.717, 1.165) is 5.57 Å². The molecule has 1 rings (SSSR count). The zero-order chi connectivity index (χ0) is 12.5. The summed E-state index contributed by atoms with van der Waals surface area (Å²) in [6.45, 7) is 7.05. The van der Waals surface area contributed by atoms with Crippen molar-refractivity contribution < 1.29 is 9.59 Å². The standard InChI is InChI=1S/C12H14BrNO2/c1-6(2)10-9(16)5-7(3)12(11(10)13)14-8(4)15/h5-6H,1-4H3. The van der Waals surface area contributed by atoms with Gasteiger partial charge in [0, 0.05) is 12.5 Å². The van der Waals surface area contributed by atoms with Crippen LogP contribution in [0.5, 0.6) is 0 Å². The van der Waals surface area contributed by atoms with Crippen LogP contribution in [0.4, 0.5) is 0 Å². The number of ketones is 1. The molecule has 0 heterocycles. The van der Waals surface area contributed by atoms with Crippen LogP contribution < -0.4 is 0 Å². The van der Waals surface area contributed by atoms with Crippen molar-refractivity contribution >= 4 is 33.3 Å². The Balaban J connectivity index is 3.35. The number of hydrogen-bond donors (Lipinski definition) is 0. The Kier molecular flexibility index (Phi) is 3.97. The van der Waals surface area contributed by atoms with Crippen molar-refractivity contribution in [3.05, 3.63) is 21.7 Å². The maximum atomic E-state index is 11.8. The Hall–Kier alpha value is -1.03. The van der Waals surface area contributed by atoms with Crippen LogP contribution in [-0.4, -0.2) is 17.4 Å². The second-order valence-electron chi connectivity index (χ2n) is 4.05. The van der Waals surface area contributed by atoms with Gasteiger partial charge in [0.05, 0.1) is 10.2 Å². The van der Waals surface area contributed by atoms with Crippen LogP contribution >= 0.6 is 15.9 Å². The van der Waals surface area contributed by atoms with Gasteiger partial charge in [-0.2, -0.15) is 0 Å². The van der Waals surface area contributed by atoms with Gasteiger partial charge in [-0.1, -0.05) is 13.8 Å². The van der Waals surface area contributed by atoms with Crippen molar-refractivity contribution in [1.29, 1.82) is 0 Å². The van der Waals surface area contributed by atoms with E-state index in [0.29, 0.717) is 15.8 Å². The van der Waals surface area contributed by atoms with Crippen molar-refractivity contribution in [2.24, 2.45) is 10.9 Å². The Morgan fingerprint density at radius 2 is 2.00 bits per heavy atom. The molecular formula is C12H14BrNO2. The van der Waals surface area contributed by atoms with Crippen molar-refractivity contribution in [3.63, 3.8) is 0 Å². The third-order valence-electron chi connectivity index (χ3n) is 2.28. The molecule has 16 heavy (non-hydrogen) atoms. The quantitative estimate of drug-likeness (QED) is 0.695. The summed E-state index contributed by atoms with van der Waals surface area (Å²) in [6, 6.07) is 0. The van der Waals surface area contributed by atoms with Crippen LogP contribution in [-0.2, 0) is 9.59 Å². The number of halogens is 1. The lowest BCUT2D eigenvalue weighted by atomic mass is 9.90. The topological polar surface area (TPSA) is 46.5 Å². The van der Waals surface area contributed by atoms with Crippen molar-refractivity contribution in [3.8, 4) is 0 Å². The van der Waals surface area contributed by atoms with Crippen LogP contribution in [0.2, 0.25) is 0 Å². The van der Waals surface area contributed by atoms with Gasteiger partial charge in [-0.3, -0.25) is 9.59 Å². The van der Waals surface area contributed by atoms with Gasteiger partial charge in [-0.05, 0) is 40.4 Å². The van der Waals surface area contributed by atoms with Crippen LogP contribution in [0.3, 0.4) is 0 Å². The molecule has 0 atom stereocenters. The normalized spacial score (nSPS) is 19.5. The molecule has 86 valence electrons. The minimum Gasteiger partial charge on any atom is -0.290 e. The molecule has 1 amide bonds. The average molecular weight is 284 g/mol. The molecule has 0 aromatic rings. The second-order valence-corrected chi connectivity index (χ2v) is 4.85. The van der Waals surface area contributed by atoms with Crippen molar-refractivity contribution in [2.75, 3.05) is 0 Å². The lowest BCUT2D eigenvalue weighted by molar-refractivity contribution is -0.116. The molecule has 1 aliphatic rings. The van der Waals surface area contributed by atoms with Crippen molar-refractivity contribution in [2.45, 2.75) is 27.7 Å². The molecule has 0 bridgehead atoms. The highest BCUT2D eigenvalue weighted by molar-refractivity contribution is 9.12. The van der Waals surface area contributed by atoms with Crippen LogP contribution in [0.1, 0.15) is 27.7 Å². The maximum absolute atomic E-state index is 11.8. The summed E-state index contributed by atoms with van der Waals surface area (Å²) in [6.07, 6.45) is 1.53. The first-order valence-electron chi connectivity index (χ1n) is 5.07. The molecule has 0 fully saturated rings. The first-order chi connectivity index (χ1) is 7.34. The van der Waals surface area contributed by atoms with E-state index in [2.05, 4.69) is 20.9 Å². The zero-order valence-corrected chi connectivity index (χ0v) is 11.4. The molecule has 0 aromatic heterocycles. The monoisotopic (exact) mass is 283 g/mol. The number of allylic oxidation sites excluding steroid dienone is 4. The fourth-order valence-electron chi connectivity index (χ4n) is 1.58. The van der Waals surface area contributed by atoms with E-state index in [1.165, 1.54) is 13.0 Å². The van der Waals surface area contributed by atoms with Gasteiger partial charge in [0.2, 0.25) is 5.91 Å². The number of nitrogens with zero attached hydrogens (tertiary/aromatic N) is 1. The molecule has 0 saturated heterocycles. The van der Waals surface area contributed by atoms with E-state index < -0.39 is 0 Å². The van der Waals surface area contributed by atoms with Gasteiger partial charge in [0.1, 0.15) is 0 Å². The Labute approximate surface area is 103 Å². The highest BCUT2D eigenvalue weighted by Crippen LogP contribution is 2.29. The first-order valence-corrected chi connectivity index (χ1v) is 5.86. The third-order valence-corrected chi connectivity index (χ3v) is 3.08. The third kappa shape index (κ3) is 2.55. The minimum atomic E-state index is -0.267. The van der Waals surface area contributed by atoms with Crippen LogP contribution in [0.25, 0.3) is 0 Å². The second kappa shape index (κ2) is 4.87. The molecule has 4 heteroatoms. The number of carbonyl (C=O) groups excluding carboxylic acids is 2. The summed E-state index contributed by atoms with van der Waals surface area (Å²) in [7, 11) is 0. The highest BCUT2D eigenvalue weighted by atomic mass is 79.9. The van der Waals surface area contributed by atoms with Gasteiger partial charge in [-0.15, -0.1) is 0 Å². The summed E-state index contributed by atoms with van der Waals surface area (Å²) in [5.74, 6) is -0.178. The Morgan fingerprint density at radius 3 is 2.44 bits per heavy atom. The number of aliphatic imine (C=N–C) groups is 1. The summed E-state index contributed by atoms with van der Waals surface area (Å²) in [5.41, 5.74) is 1.96. The van der Waals surface area contributed by atoms with E-state index in [9.17, 15) is 9.59 Å². The van der Waals surface area contributed by atoms with Gasteiger partial charge in [0.15, 0.2) is 5.78 Å². The predicted molar refractivity (Wildman–Crippen MR) is 67.7 cm³/mol. The zero-order valence-electron chi connectivity index (χ0n) is 9.80. The number of carbonyl (C=O) groups is 2. The summed E-state index contributed by atoms with van der Waals surface area (Å²) < 4.78 is 0.641. The fraction of sp³-hybridized carbons (Fsp3) is 0.417. The summed E-state index contributed by atoms with van der Waals surface area (Å²) >= 11 is 3.37. The molecule has 0 N–H and O–H groups in total. The molecule has 0 aromatic carbocycles. The summed E-state index contributed by atoms with van der Waals surface area (Å²) in [4.78, 5) is 26.7. The smallest absolute Gasteiger partial charge is 0.243 e. The molecule has 0 unspecified atom stereocenters. The molecule has 1 aliphatic carbocycles. The molecule has 0 aliphatic heterocycles. The predicted octanol–water partition coefficient (Wildman–Crippen LogP) is 2.81. The van der Waals surface area contributed by atoms with Gasteiger partial charge in [0.25, 0.3) is 0 Å².